The molecule has 3 saturated heterocycles. The Bertz CT molecular complexity index is 1180. The van der Waals surface area contributed by atoms with Crippen molar-refractivity contribution >= 4 is 52.3 Å². The van der Waals surface area contributed by atoms with Gasteiger partial charge in [-0.3, -0.25) is 19.3 Å². The largest absolute Gasteiger partial charge is 0.323 e. The Morgan fingerprint density at radius 1 is 1.06 bits per heavy atom. The second-order valence-electron chi connectivity index (χ2n) is 8.78. The zero-order chi connectivity index (χ0) is 21.7. The van der Waals surface area contributed by atoms with Gasteiger partial charge in [-0.1, -0.05) is 29.3 Å². The Labute approximate surface area is 189 Å². The van der Waals surface area contributed by atoms with Gasteiger partial charge in [0.1, 0.15) is 5.54 Å². The van der Waals surface area contributed by atoms with E-state index >= 15 is 0 Å². The highest BCUT2D eigenvalue weighted by Crippen LogP contribution is 2.61. The lowest BCUT2D eigenvalue weighted by atomic mass is 9.75. The maximum Gasteiger partial charge on any atom is 0.250 e. The van der Waals surface area contributed by atoms with Gasteiger partial charge in [-0.15, -0.1) is 0 Å². The second kappa shape index (κ2) is 6.31. The Morgan fingerprint density at radius 2 is 1.81 bits per heavy atom. The van der Waals surface area contributed by atoms with Gasteiger partial charge in [0.2, 0.25) is 11.8 Å². The molecule has 0 saturated carbocycles. The summed E-state index contributed by atoms with van der Waals surface area (Å²) in [6.45, 7) is 2.58. The van der Waals surface area contributed by atoms with Gasteiger partial charge in [0.25, 0.3) is 5.91 Å². The van der Waals surface area contributed by atoms with E-state index in [1.54, 1.807) is 30.3 Å². The highest BCUT2D eigenvalue weighted by molar-refractivity contribution is 6.35. The van der Waals surface area contributed by atoms with Crippen LogP contribution in [0.4, 0.5) is 11.4 Å². The Balaban J connectivity index is 1.57. The van der Waals surface area contributed by atoms with Crippen LogP contribution in [0.3, 0.4) is 0 Å². The molecule has 0 aromatic heterocycles. The monoisotopic (exact) mass is 455 g/mol. The number of rotatable bonds is 1. The maximum absolute atomic E-state index is 13.8. The van der Waals surface area contributed by atoms with Gasteiger partial charge in [0.15, 0.2) is 0 Å². The van der Waals surface area contributed by atoms with Crippen LogP contribution >= 0.6 is 23.2 Å². The Morgan fingerprint density at radius 3 is 2.55 bits per heavy atom. The molecule has 6 rings (SSSR count). The molecular formula is C23H19Cl2N3O3. The zero-order valence-electron chi connectivity index (χ0n) is 16.7. The lowest BCUT2D eigenvalue weighted by molar-refractivity contribution is -0.135. The van der Waals surface area contributed by atoms with Crippen LogP contribution < -0.4 is 10.2 Å². The number of anilines is 2. The molecule has 8 heteroatoms. The average molecular weight is 456 g/mol. The van der Waals surface area contributed by atoms with E-state index in [1.165, 1.54) is 4.90 Å². The number of fused-ring (bicyclic) bond motifs is 7. The van der Waals surface area contributed by atoms with Crippen molar-refractivity contribution in [1.82, 2.24) is 4.90 Å². The summed E-state index contributed by atoms with van der Waals surface area (Å²) in [6, 6.07) is 10.2. The fourth-order valence-electron chi connectivity index (χ4n) is 6.24. The van der Waals surface area contributed by atoms with Crippen LogP contribution in [0.1, 0.15) is 24.0 Å². The molecule has 2 aromatic carbocycles. The van der Waals surface area contributed by atoms with E-state index in [4.69, 9.17) is 23.2 Å². The number of hydrogen-bond donors (Lipinski definition) is 1. The smallest absolute Gasteiger partial charge is 0.250 e. The SMILES string of the molecule is Cc1cc(Cl)c2c(c1)[C@]1(C(=O)N2)[C@@H]2C(=O)N(c3ccc(Cl)cc3)C(=O)[C@@H]2[C@H]2CCCN21. The molecule has 0 aliphatic carbocycles. The predicted molar refractivity (Wildman–Crippen MR) is 117 cm³/mol. The van der Waals surface area contributed by atoms with Gasteiger partial charge in [-0.25, -0.2) is 4.90 Å². The second-order valence-corrected chi connectivity index (χ2v) is 9.63. The molecule has 31 heavy (non-hydrogen) atoms. The summed E-state index contributed by atoms with van der Waals surface area (Å²) in [5.41, 5.74) is 1.43. The molecule has 4 atom stereocenters. The number of amides is 3. The number of imide groups is 1. The van der Waals surface area contributed by atoms with Crippen LogP contribution in [0, 0.1) is 18.8 Å². The molecule has 4 heterocycles. The van der Waals surface area contributed by atoms with E-state index in [0.29, 0.717) is 33.5 Å². The van der Waals surface area contributed by atoms with Crippen LogP contribution in [-0.2, 0) is 19.9 Å². The van der Waals surface area contributed by atoms with Gasteiger partial charge in [-0.2, -0.15) is 0 Å². The third-order valence-electron chi connectivity index (χ3n) is 7.28. The highest BCUT2D eigenvalue weighted by Gasteiger charge is 2.74. The summed E-state index contributed by atoms with van der Waals surface area (Å²) in [4.78, 5) is 44.4. The summed E-state index contributed by atoms with van der Waals surface area (Å²) >= 11 is 12.5. The molecule has 0 unspecified atom stereocenters. The van der Waals surface area contributed by atoms with Crippen LogP contribution in [0.5, 0.6) is 0 Å². The number of carbonyl (C=O) groups excluding carboxylic acids is 3. The van der Waals surface area contributed by atoms with Crippen LogP contribution in [0.25, 0.3) is 0 Å². The lowest BCUT2D eigenvalue weighted by Crippen LogP contribution is -2.54. The average Bonchev–Trinajstić information content (AvgIpc) is 3.42. The molecule has 0 bridgehead atoms. The molecule has 2 aromatic rings. The molecule has 4 aliphatic rings. The van der Waals surface area contributed by atoms with Crippen molar-refractivity contribution in [3.8, 4) is 0 Å². The van der Waals surface area contributed by atoms with Crippen LogP contribution in [-0.4, -0.2) is 35.2 Å². The molecule has 1 N–H and O–H groups in total. The Kier molecular flexibility index (Phi) is 3.93. The van der Waals surface area contributed by atoms with Crippen molar-refractivity contribution in [2.24, 2.45) is 11.8 Å². The minimum absolute atomic E-state index is 0.158. The van der Waals surface area contributed by atoms with E-state index in [-0.39, 0.29) is 23.8 Å². The van der Waals surface area contributed by atoms with E-state index in [1.807, 2.05) is 13.0 Å². The third kappa shape index (κ3) is 2.25. The normalized spacial score (nSPS) is 31.4. The number of aryl methyl sites for hydroxylation is 1. The van der Waals surface area contributed by atoms with Crippen molar-refractivity contribution in [1.29, 1.82) is 0 Å². The van der Waals surface area contributed by atoms with E-state index in [2.05, 4.69) is 10.2 Å². The summed E-state index contributed by atoms with van der Waals surface area (Å²) in [7, 11) is 0. The van der Waals surface area contributed by atoms with Crippen molar-refractivity contribution in [2.75, 3.05) is 16.8 Å². The molecule has 1 spiro atoms. The minimum Gasteiger partial charge on any atom is -0.323 e. The summed E-state index contributed by atoms with van der Waals surface area (Å²) < 4.78 is 0. The number of halogens is 2. The minimum atomic E-state index is -1.22. The highest BCUT2D eigenvalue weighted by atomic mass is 35.5. The number of carbonyl (C=O) groups is 3. The number of hydrogen-bond acceptors (Lipinski definition) is 4. The topological polar surface area (TPSA) is 69.7 Å². The van der Waals surface area contributed by atoms with Gasteiger partial charge < -0.3 is 5.32 Å². The first-order valence-electron chi connectivity index (χ1n) is 10.4. The third-order valence-corrected chi connectivity index (χ3v) is 7.83. The van der Waals surface area contributed by atoms with Crippen LogP contribution in [0.15, 0.2) is 36.4 Å². The fourth-order valence-corrected chi connectivity index (χ4v) is 6.69. The predicted octanol–water partition coefficient (Wildman–Crippen LogP) is 3.73. The Hall–Kier alpha value is -2.41. The molecule has 3 fully saturated rings. The fraction of sp³-hybridized carbons (Fsp3) is 0.348. The number of nitrogens with zero attached hydrogens (tertiary/aromatic N) is 2. The molecule has 6 nitrogen and oxygen atoms in total. The van der Waals surface area contributed by atoms with Gasteiger partial charge in [0.05, 0.1) is 28.2 Å². The molecule has 4 aliphatic heterocycles. The van der Waals surface area contributed by atoms with Crippen molar-refractivity contribution in [3.05, 3.63) is 57.6 Å². The lowest BCUT2D eigenvalue weighted by Gasteiger charge is -2.36. The van der Waals surface area contributed by atoms with E-state index in [9.17, 15) is 14.4 Å². The molecular weight excluding hydrogens is 437 g/mol. The standard InChI is InChI=1S/C23H19Cl2N3O3/c1-11-9-14-19(15(25)10-11)26-22(31)23(14)18-17(16-3-2-8-27(16)23)20(29)28(21(18)30)13-6-4-12(24)5-7-13/h4-7,9-10,16-18H,2-3,8H2,1H3,(H,26,31)/t16-,17-,18+,23-/m1/s1. The van der Waals surface area contributed by atoms with E-state index < -0.39 is 17.4 Å². The first kappa shape index (κ1) is 19.3. The summed E-state index contributed by atoms with van der Waals surface area (Å²) in [5, 5.41) is 3.91. The molecule has 0 radical (unpaired) electrons. The van der Waals surface area contributed by atoms with E-state index in [0.717, 1.165) is 18.4 Å². The quantitative estimate of drug-likeness (QED) is 0.665. The number of nitrogens with one attached hydrogen (secondary N) is 1. The molecule has 158 valence electrons. The van der Waals surface area contributed by atoms with Crippen molar-refractivity contribution in [3.63, 3.8) is 0 Å². The first-order chi connectivity index (χ1) is 14.9. The summed E-state index contributed by atoms with van der Waals surface area (Å²) in [5.74, 6) is -2.21. The van der Waals surface area contributed by atoms with Gasteiger partial charge in [-0.05, 0) is 62.2 Å². The zero-order valence-corrected chi connectivity index (χ0v) is 18.2. The first-order valence-corrected chi connectivity index (χ1v) is 11.1. The maximum atomic E-state index is 13.8. The van der Waals surface area contributed by atoms with Gasteiger partial charge >= 0.3 is 0 Å². The van der Waals surface area contributed by atoms with Crippen LogP contribution in [0.2, 0.25) is 10.0 Å². The molecule has 3 amide bonds. The summed E-state index contributed by atoms with van der Waals surface area (Å²) in [6.07, 6.45) is 1.65. The van der Waals surface area contributed by atoms with Crippen molar-refractivity contribution in [2.45, 2.75) is 31.3 Å². The van der Waals surface area contributed by atoms with Crippen molar-refractivity contribution < 1.29 is 14.4 Å². The van der Waals surface area contributed by atoms with Gasteiger partial charge in [0, 0.05) is 16.6 Å². The number of benzene rings is 2.